The zero-order valence-corrected chi connectivity index (χ0v) is 9.61. The van der Waals surface area contributed by atoms with Gasteiger partial charge in [-0.3, -0.25) is 0 Å². The molecule has 0 radical (unpaired) electrons. The number of amides is 2. The van der Waals surface area contributed by atoms with Crippen molar-refractivity contribution in [3.63, 3.8) is 0 Å². The average Bonchev–Trinajstić information content (AvgIpc) is 2.28. The van der Waals surface area contributed by atoms with Crippen molar-refractivity contribution in [2.45, 2.75) is 31.4 Å². The van der Waals surface area contributed by atoms with Crippen LogP contribution in [0.2, 0.25) is 0 Å². The molecule has 0 aromatic carbocycles. The Hall–Kier alpha value is -1.07. The van der Waals surface area contributed by atoms with Gasteiger partial charge in [0.25, 0.3) is 0 Å². The summed E-state index contributed by atoms with van der Waals surface area (Å²) in [5.41, 5.74) is 0. The van der Waals surface area contributed by atoms with Gasteiger partial charge in [-0.25, -0.2) is 4.79 Å². The van der Waals surface area contributed by atoms with E-state index < -0.39 is 6.10 Å². The molecule has 0 spiro atoms. The molecule has 1 rings (SSSR count). The van der Waals surface area contributed by atoms with E-state index in [2.05, 4.69) is 16.7 Å². The van der Waals surface area contributed by atoms with Crippen LogP contribution in [0, 0.1) is 0 Å². The van der Waals surface area contributed by atoms with Gasteiger partial charge in [-0.2, -0.15) is 0 Å². The van der Waals surface area contributed by atoms with Gasteiger partial charge in [0.15, 0.2) is 0 Å². The monoisotopic (exact) mass is 228 g/mol. The van der Waals surface area contributed by atoms with Gasteiger partial charge < -0.3 is 20.5 Å². The molecule has 0 aromatic heterocycles. The van der Waals surface area contributed by atoms with Gasteiger partial charge in [-0.05, 0) is 19.3 Å². The fourth-order valence-corrected chi connectivity index (χ4v) is 1.61. The molecule has 2 atom stereocenters. The number of methoxy groups -OCH3 is 1. The summed E-state index contributed by atoms with van der Waals surface area (Å²) in [5.74, 6) is 0. The summed E-state index contributed by atoms with van der Waals surface area (Å²) < 4.78 is 4.75. The summed E-state index contributed by atoms with van der Waals surface area (Å²) in [6.07, 6.45) is 6.60. The van der Waals surface area contributed by atoms with E-state index in [0.29, 0.717) is 0 Å². The highest BCUT2D eigenvalue weighted by atomic mass is 16.5. The third-order valence-electron chi connectivity index (χ3n) is 2.43. The maximum Gasteiger partial charge on any atom is 0.315 e. The molecule has 1 aliphatic rings. The molecule has 0 aliphatic heterocycles. The Morgan fingerprint density at radius 1 is 1.69 bits per heavy atom. The van der Waals surface area contributed by atoms with Crippen molar-refractivity contribution in [3.05, 3.63) is 12.2 Å². The number of carbonyl (C=O) groups excluding carboxylic acids is 1. The Morgan fingerprint density at radius 2 is 2.50 bits per heavy atom. The highest BCUT2D eigenvalue weighted by Gasteiger charge is 2.12. The molecule has 2 amide bonds. The van der Waals surface area contributed by atoms with Gasteiger partial charge in [0.2, 0.25) is 0 Å². The smallest absolute Gasteiger partial charge is 0.315 e. The van der Waals surface area contributed by atoms with Crippen LogP contribution < -0.4 is 10.6 Å². The van der Waals surface area contributed by atoms with Crippen LogP contribution in [0.1, 0.15) is 19.3 Å². The van der Waals surface area contributed by atoms with E-state index >= 15 is 0 Å². The van der Waals surface area contributed by atoms with Crippen LogP contribution in [0.15, 0.2) is 12.2 Å². The summed E-state index contributed by atoms with van der Waals surface area (Å²) in [7, 11) is 1.51. The van der Waals surface area contributed by atoms with Crippen molar-refractivity contribution < 1.29 is 14.6 Å². The van der Waals surface area contributed by atoms with Crippen molar-refractivity contribution in [2.75, 3.05) is 20.3 Å². The Balaban J connectivity index is 2.15. The number of nitrogens with one attached hydrogen (secondary N) is 2. The number of urea groups is 1. The minimum atomic E-state index is -0.655. The van der Waals surface area contributed by atoms with Gasteiger partial charge in [-0.1, -0.05) is 12.2 Å². The SMILES string of the molecule is COCC(O)CNC(=O)NC1C=CCCC1. The number of allylic oxidation sites excluding steroid dienone is 1. The molecule has 0 saturated carbocycles. The second-order valence-electron chi connectivity index (χ2n) is 3.93. The van der Waals surface area contributed by atoms with Gasteiger partial charge >= 0.3 is 6.03 Å². The van der Waals surface area contributed by atoms with Gasteiger partial charge in [-0.15, -0.1) is 0 Å². The standard InChI is InChI=1S/C11H20N2O3/c1-16-8-10(14)7-12-11(15)13-9-5-3-2-4-6-9/h3,5,9-10,14H,2,4,6-8H2,1H3,(H2,12,13,15). The normalized spacial score (nSPS) is 21.5. The molecule has 92 valence electrons. The first-order valence-corrected chi connectivity index (χ1v) is 5.60. The second kappa shape index (κ2) is 7.24. The molecule has 1 aliphatic carbocycles. The molecular weight excluding hydrogens is 208 g/mol. The lowest BCUT2D eigenvalue weighted by Gasteiger charge is -2.19. The van der Waals surface area contributed by atoms with E-state index in [1.165, 1.54) is 7.11 Å². The van der Waals surface area contributed by atoms with E-state index in [1.54, 1.807) is 0 Å². The van der Waals surface area contributed by atoms with Crippen molar-refractivity contribution >= 4 is 6.03 Å². The Bertz CT molecular complexity index is 243. The summed E-state index contributed by atoms with van der Waals surface area (Å²) >= 11 is 0. The number of carbonyl (C=O) groups is 1. The van der Waals surface area contributed by atoms with E-state index in [1.807, 2.05) is 6.08 Å². The number of aliphatic hydroxyl groups excluding tert-OH is 1. The van der Waals surface area contributed by atoms with Crippen LogP contribution in [0.5, 0.6) is 0 Å². The number of ether oxygens (including phenoxy) is 1. The lowest BCUT2D eigenvalue weighted by Crippen LogP contribution is -2.44. The van der Waals surface area contributed by atoms with Crippen LogP contribution in [0.25, 0.3) is 0 Å². The van der Waals surface area contributed by atoms with E-state index in [0.717, 1.165) is 19.3 Å². The quantitative estimate of drug-likeness (QED) is 0.597. The predicted octanol–water partition coefficient (Wildman–Crippen LogP) is 0.402. The van der Waals surface area contributed by atoms with Gasteiger partial charge in [0.05, 0.1) is 12.7 Å². The second-order valence-corrected chi connectivity index (χ2v) is 3.93. The van der Waals surface area contributed by atoms with E-state index in [-0.39, 0.29) is 25.2 Å². The molecule has 16 heavy (non-hydrogen) atoms. The summed E-state index contributed by atoms with van der Waals surface area (Å²) in [5, 5.41) is 14.8. The van der Waals surface area contributed by atoms with Crippen molar-refractivity contribution in [3.8, 4) is 0 Å². The molecule has 3 N–H and O–H groups in total. The van der Waals surface area contributed by atoms with Crippen LogP contribution in [0.4, 0.5) is 4.79 Å². The summed E-state index contributed by atoms with van der Waals surface area (Å²) in [6.45, 7) is 0.430. The molecule has 2 unspecified atom stereocenters. The number of hydrogen-bond donors (Lipinski definition) is 3. The first-order valence-electron chi connectivity index (χ1n) is 5.60. The molecule has 5 nitrogen and oxygen atoms in total. The molecule has 0 bridgehead atoms. The minimum Gasteiger partial charge on any atom is -0.389 e. The molecule has 0 saturated heterocycles. The molecule has 0 heterocycles. The van der Waals surface area contributed by atoms with Crippen LogP contribution in [-0.4, -0.2) is 43.5 Å². The van der Waals surface area contributed by atoms with Crippen LogP contribution in [-0.2, 0) is 4.74 Å². The highest BCUT2D eigenvalue weighted by Crippen LogP contribution is 2.09. The maximum absolute atomic E-state index is 11.4. The van der Waals surface area contributed by atoms with E-state index in [4.69, 9.17) is 4.74 Å². The zero-order valence-electron chi connectivity index (χ0n) is 9.61. The molecule has 0 fully saturated rings. The lowest BCUT2D eigenvalue weighted by atomic mass is 10.0. The largest absolute Gasteiger partial charge is 0.389 e. The van der Waals surface area contributed by atoms with Gasteiger partial charge in [0, 0.05) is 19.7 Å². The Kier molecular flexibility index (Phi) is 5.88. The zero-order chi connectivity index (χ0) is 11.8. The highest BCUT2D eigenvalue weighted by molar-refractivity contribution is 5.74. The number of aliphatic hydroxyl groups is 1. The summed E-state index contributed by atoms with van der Waals surface area (Å²) in [4.78, 5) is 11.4. The van der Waals surface area contributed by atoms with Crippen molar-refractivity contribution in [2.24, 2.45) is 0 Å². The van der Waals surface area contributed by atoms with Gasteiger partial charge in [0.1, 0.15) is 0 Å². The third kappa shape index (κ3) is 5.14. The fourth-order valence-electron chi connectivity index (χ4n) is 1.61. The van der Waals surface area contributed by atoms with E-state index in [9.17, 15) is 9.90 Å². The Morgan fingerprint density at radius 3 is 3.12 bits per heavy atom. The average molecular weight is 228 g/mol. The lowest BCUT2D eigenvalue weighted by molar-refractivity contribution is 0.0659. The van der Waals surface area contributed by atoms with Crippen LogP contribution >= 0.6 is 0 Å². The Labute approximate surface area is 95.9 Å². The molecular formula is C11H20N2O3. The minimum absolute atomic E-state index is 0.119. The number of rotatable bonds is 5. The first-order chi connectivity index (χ1) is 7.72. The fraction of sp³-hybridized carbons (Fsp3) is 0.727. The predicted molar refractivity (Wildman–Crippen MR) is 61.2 cm³/mol. The van der Waals surface area contributed by atoms with Crippen molar-refractivity contribution in [1.82, 2.24) is 10.6 Å². The maximum atomic E-state index is 11.4. The first kappa shape index (κ1) is 13.0. The number of hydrogen-bond acceptors (Lipinski definition) is 3. The topological polar surface area (TPSA) is 70.6 Å². The van der Waals surface area contributed by atoms with Crippen molar-refractivity contribution in [1.29, 1.82) is 0 Å². The molecule has 0 aromatic rings. The van der Waals surface area contributed by atoms with Crippen LogP contribution in [0.3, 0.4) is 0 Å². The summed E-state index contributed by atoms with van der Waals surface area (Å²) in [6, 6.07) is -0.125. The molecule has 5 heteroatoms. The third-order valence-corrected chi connectivity index (χ3v) is 2.43.